The minimum Gasteiger partial charge on any atom is -0.416 e. The van der Waals surface area contributed by atoms with E-state index >= 15 is 0 Å². The van der Waals surface area contributed by atoms with Gasteiger partial charge in [-0.2, -0.15) is 5.10 Å². The van der Waals surface area contributed by atoms with Crippen LogP contribution in [-0.2, 0) is 14.4 Å². The highest BCUT2D eigenvalue weighted by Gasteiger charge is 2.28. The van der Waals surface area contributed by atoms with Gasteiger partial charge < -0.3 is 9.74 Å². The third-order valence-electron chi connectivity index (χ3n) is 5.18. The van der Waals surface area contributed by atoms with Crippen LogP contribution in [0, 0.1) is 0 Å². The number of benzene rings is 2. The highest BCUT2D eigenvalue weighted by atomic mass is 32.2. The first-order chi connectivity index (χ1) is 17.6. The molecular weight excluding hydrogens is 508 g/mol. The molecule has 0 saturated heterocycles. The third-order valence-corrected chi connectivity index (χ3v) is 8.03. The van der Waals surface area contributed by atoms with Crippen LogP contribution in [0.3, 0.4) is 0 Å². The zero-order chi connectivity index (χ0) is 26.5. The number of rotatable bonds is 10. The monoisotopic (exact) mass is 536 g/mol. The number of carbonyl (C=O) groups is 1. The molecule has 2 aromatic heterocycles. The Bertz CT molecular complexity index is 1460. The van der Waals surface area contributed by atoms with Crippen molar-refractivity contribution in [3.8, 4) is 11.3 Å². The van der Waals surface area contributed by atoms with Crippen LogP contribution in [0.1, 0.15) is 10.5 Å². The molecule has 2 heterocycles. The number of anilines is 2. The number of hydrogen-bond acceptors (Lipinski definition) is 7. The van der Waals surface area contributed by atoms with Crippen LogP contribution < -0.4 is 9.62 Å². The molecule has 0 unspecified atom stereocenters. The summed E-state index contributed by atoms with van der Waals surface area (Å²) in [6, 6.07) is 18.8. The summed E-state index contributed by atoms with van der Waals surface area (Å²) in [6.45, 7) is 6.33. The molecule has 0 bridgehead atoms. The Balaban J connectivity index is 1.55. The first-order valence-corrected chi connectivity index (χ1v) is 16.4. The molecule has 2 N–H and O–H groups in total. The largest absolute Gasteiger partial charge is 0.416 e. The second kappa shape index (κ2) is 11.0. The van der Waals surface area contributed by atoms with Crippen LogP contribution in [-0.4, -0.2) is 56.0 Å². The maximum absolute atomic E-state index is 13.6. The number of nitrogens with one attached hydrogen (secondary N) is 2. The second-order valence-corrected chi connectivity index (χ2v) is 15.5. The molecule has 0 fully saturated rings. The molecule has 0 aliphatic heterocycles. The lowest BCUT2D eigenvalue weighted by Crippen LogP contribution is -2.38. The quantitative estimate of drug-likeness (QED) is 0.291. The SMILES string of the molecule is C[Si](C)(C)OCCN(c1ncccn1)S(=O)(=O)c1cccc(NC(=O)c2cc(-c3ccccc3)[nH]n2)c1. The average Bonchev–Trinajstić information content (AvgIpc) is 3.38. The van der Waals surface area contributed by atoms with Gasteiger partial charge in [-0.25, -0.2) is 22.7 Å². The summed E-state index contributed by atoms with van der Waals surface area (Å²) in [5, 5.41) is 9.66. The zero-order valence-electron chi connectivity index (χ0n) is 20.7. The van der Waals surface area contributed by atoms with E-state index in [0.717, 1.165) is 9.87 Å². The molecule has 1 amide bonds. The molecule has 12 heteroatoms. The number of sulfonamides is 1. The Kier molecular flexibility index (Phi) is 7.81. The van der Waals surface area contributed by atoms with Crippen molar-refractivity contribution in [1.29, 1.82) is 0 Å². The number of aromatic nitrogens is 4. The first-order valence-electron chi connectivity index (χ1n) is 11.6. The molecule has 0 aliphatic rings. The summed E-state index contributed by atoms with van der Waals surface area (Å²) in [5.41, 5.74) is 2.07. The fraction of sp³-hybridized carbons (Fsp3) is 0.200. The van der Waals surface area contributed by atoms with Gasteiger partial charge >= 0.3 is 0 Å². The van der Waals surface area contributed by atoms with E-state index in [2.05, 4.69) is 25.5 Å². The van der Waals surface area contributed by atoms with E-state index < -0.39 is 24.2 Å². The molecule has 0 saturated carbocycles. The van der Waals surface area contributed by atoms with Gasteiger partial charge in [0.1, 0.15) is 0 Å². The molecule has 192 valence electrons. The third kappa shape index (κ3) is 6.67. The highest BCUT2D eigenvalue weighted by molar-refractivity contribution is 7.92. The van der Waals surface area contributed by atoms with Gasteiger partial charge in [0.25, 0.3) is 15.9 Å². The Morgan fingerprint density at radius 1 is 1.00 bits per heavy atom. The van der Waals surface area contributed by atoms with Gasteiger partial charge in [0.15, 0.2) is 14.0 Å². The van der Waals surface area contributed by atoms with Crippen LogP contribution in [0.4, 0.5) is 11.6 Å². The van der Waals surface area contributed by atoms with Crippen LogP contribution in [0.15, 0.2) is 84.0 Å². The van der Waals surface area contributed by atoms with Crippen molar-refractivity contribution in [3.05, 3.63) is 84.8 Å². The van der Waals surface area contributed by atoms with Gasteiger partial charge in [-0.15, -0.1) is 0 Å². The topological polar surface area (TPSA) is 130 Å². The predicted molar refractivity (Wildman–Crippen MR) is 144 cm³/mol. The molecule has 0 atom stereocenters. The van der Waals surface area contributed by atoms with Crippen molar-refractivity contribution in [3.63, 3.8) is 0 Å². The maximum Gasteiger partial charge on any atom is 0.276 e. The normalized spacial score (nSPS) is 11.8. The lowest BCUT2D eigenvalue weighted by Gasteiger charge is -2.25. The van der Waals surface area contributed by atoms with E-state index in [0.29, 0.717) is 11.4 Å². The highest BCUT2D eigenvalue weighted by Crippen LogP contribution is 2.24. The summed E-state index contributed by atoms with van der Waals surface area (Å²) in [5.74, 6) is -0.430. The Morgan fingerprint density at radius 2 is 1.73 bits per heavy atom. The summed E-state index contributed by atoms with van der Waals surface area (Å²) in [6.07, 6.45) is 2.96. The van der Waals surface area contributed by atoms with Crippen molar-refractivity contribution in [2.24, 2.45) is 0 Å². The van der Waals surface area contributed by atoms with E-state index in [-0.39, 0.29) is 29.7 Å². The number of aromatic amines is 1. The van der Waals surface area contributed by atoms with E-state index in [1.54, 1.807) is 24.3 Å². The van der Waals surface area contributed by atoms with Gasteiger partial charge in [-0.05, 0) is 55.5 Å². The van der Waals surface area contributed by atoms with Crippen LogP contribution in [0.2, 0.25) is 19.6 Å². The fourth-order valence-electron chi connectivity index (χ4n) is 3.44. The van der Waals surface area contributed by atoms with E-state index in [1.165, 1.54) is 24.5 Å². The van der Waals surface area contributed by atoms with Gasteiger partial charge in [-0.3, -0.25) is 9.89 Å². The summed E-state index contributed by atoms with van der Waals surface area (Å²) >= 11 is 0. The van der Waals surface area contributed by atoms with E-state index in [4.69, 9.17) is 4.43 Å². The molecule has 0 radical (unpaired) electrons. The summed E-state index contributed by atoms with van der Waals surface area (Å²) in [7, 11) is -5.92. The smallest absolute Gasteiger partial charge is 0.276 e. The Labute approximate surface area is 216 Å². The molecular formula is C25H28N6O4SSi. The summed E-state index contributed by atoms with van der Waals surface area (Å²) < 4.78 is 34.3. The van der Waals surface area contributed by atoms with Crippen molar-refractivity contribution in [2.75, 3.05) is 22.8 Å². The van der Waals surface area contributed by atoms with Gasteiger partial charge in [0, 0.05) is 18.1 Å². The maximum atomic E-state index is 13.6. The average molecular weight is 537 g/mol. The molecule has 2 aromatic carbocycles. The number of nitrogens with zero attached hydrogens (tertiary/aromatic N) is 4. The molecule has 4 rings (SSSR count). The van der Waals surface area contributed by atoms with Gasteiger partial charge in [-0.1, -0.05) is 36.4 Å². The summed E-state index contributed by atoms with van der Waals surface area (Å²) in [4.78, 5) is 21.1. The molecule has 4 aromatic rings. The molecule has 0 spiro atoms. The number of amides is 1. The Morgan fingerprint density at radius 3 is 2.43 bits per heavy atom. The van der Waals surface area contributed by atoms with Gasteiger partial charge in [0.2, 0.25) is 5.95 Å². The standard InChI is InChI=1S/C25H28N6O4SSi/c1-37(2,3)35-16-15-31(25-26-13-8-14-27-25)36(33,34)21-12-7-11-20(17-21)28-24(32)23-18-22(29-30-23)19-9-5-4-6-10-19/h4-14,17-18H,15-16H2,1-3H3,(H,28,32)(H,29,30). The van der Waals surface area contributed by atoms with Crippen LogP contribution in [0.25, 0.3) is 11.3 Å². The molecule has 37 heavy (non-hydrogen) atoms. The van der Waals surface area contributed by atoms with Crippen molar-refractivity contribution < 1.29 is 17.6 Å². The zero-order valence-corrected chi connectivity index (χ0v) is 22.6. The first kappa shape index (κ1) is 26.2. The van der Waals surface area contributed by atoms with Crippen molar-refractivity contribution in [1.82, 2.24) is 20.2 Å². The minimum atomic E-state index is -4.06. The number of H-pyrrole nitrogens is 1. The predicted octanol–water partition coefficient (Wildman–Crippen LogP) is 4.17. The van der Waals surface area contributed by atoms with Crippen molar-refractivity contribution >= 4 is 35.9 Å². The minimum absolute atomic E-state index is 0.0160. The van der Waals surface area contributed by atoms with E-state index in [1.807, 2.05) is 50.0 Å². The fourth-order valence-corrected chi connectivity index (χ4v) is 5.55. The lowest BCUT2D eigenvalue weighted by molar-refractivity contribution is 0.102. The molecule has 10 nitrogen and oxygen atoms in total. The van der Waals surface area contributed by atoms with Crippen LogP contribution in [0.5, 0.6) is 0 Å². The van der Waals surface area contributed by atoms with Crippen molar-refractivity contribution in [2.45, 2.75) is 24.5 Å². The van der Waals surface area contributed by atoms with E-state index in [9.17, 15) is 13.2 Å². The number of hydrogen-bond donors (Lipinski definition) is 2. The second-order valence-electron chi connectivity index (χ2n) is 9.10. The lowest BCUT2D eigenvalue weighted by atomic mass is 10.1. The van der Waals surface area contributed by atoms with Gasteiger partial charge in [0.05, 0.1) is 23.7 Å². The number of carbonyl (C=O) groups excluding carboxylic acids is 1. The molecule has 0 aliphatic carbocycles. The Hall–Kier alpha value is -3.87. The van der Waals surface area contributed by atoms with Crippen LogP contribution >= 0.6 is 0 Å².